The predicted octanol–water partition coefficient (Wildman–Crippen LogP) is 2.21. The number of carbonyl (C=O) groups is 3. The van der Waals surface area contributed by atoms with E-state index in [4.69, 9.17) is 0 Å². The maximum absolute atomic E-state index is 13.2. The standard InChI is InChI=1S/C23H37N5O3/c1-16(2)18(14-24)26-10-12-27(13-11-26)19(29)15-28-20(30)23(25-21(28)31)8-6-17(7-9-23)22(3,4)5/h16-18H,6-13,15H2,1-5H3,(H,25,31). The smallest absolute Gasteiger partial charge is 0.325 e. The molecule has 0 radical (unpaired) electrons. The third-order valence-corrected chi connectivity index (χ3v) is 7.43. The lowest BCUT2D eigenvalue weighted by Gasteiger charge is -2.40. The number of nitrogens with zero attached hydrogens (tertiary/aromatic N) is 4. The van der Waals surface area contributed by atoms with Crippen molar-refractivity contribution in [1.82, 2.24) is 20.0 Å². The molecule has 4 amide bonds. The first-order chi connectivity index (χ1) is 14.5. The van der Waals surface area contributed by atoms with Crippen molar-refractivity contribution in [2.24, 2.45) is 17.3 Å². The highest BCUT2D eigenvalue weighted by molar-refractivity contribution is 6.09. The van der Waals surface area contributed by atoms with Gasteiger partial charge in [-0.05, 0) is 42.9 Å². The Kier molecular flexibility index (Phi) is 6.66. The minimum Gasteiger partial charge on any atom is -0.339 e. The number of hydrogen-bond acceptors (Lipinski definition) is 5. The van der Waals surface area contributed by atoms with Crippen LogP contribution in [0.3, 0.4) is 0 Å². The van der Waals surface area contributed by atoms with E-state index in [9.17, 15) is 19.6 Å². The summed E-state index contributed by atoms with van der Waals surface area (Å²) in [5, 5.41) is 12.3. The predicted molar refractivity (Wildman–Crippen MR) is 117 cm³/mol. The van der Waals surface area contributed by atoms with Gasteiger partial charge in [0.25, 0.3) is 5.91 Å². The number of carbonyl (C=O) groups excluding carboxylic acids is 3. The van der Waals surface area contributed by atoms with Gasteiger partial charge in [-0.15, -0.1) is 0 Å². The van der Waals surface area contributed by atoms with Crippen LogP contribution in [-0.4, -0.2) is 76.8 Å². The fourth-order valence-electron chi connectivity index (χ4n) is 5.27. The van der Waals surface area contributed by atoms with Gasteiger partial charge in [-0.1, -0.05) is 34.6 Å². The molecule has 3 fully saturated rings. The Morgan fingerprint density at radius 3 is 2.23 bits per heavy atom. The van der Waals surface area contributed by atoms with Crippen LogP contribution in [0.15, 0.2) is 0 Å². The molecule has 3 aliphatic rings. The Labute approximate surface area is 185 Å². The van der Waals surface area contributed by atoms with E-state index in [0.717, 1.165) is 17.7 Å². The summed E-state index contributed by atoms with van der Waals surface area (Å²) in [6.07, 6.45) is 3.06. The van der Waals surface area contributed by atoms with Gasteiger partial charge in [-0.3, -0.25) is 19.4 Å². The van der Waals surface area contributed by atoms with Crippen LogP contribution in [0, 0.1) is 28.6 Å². The molecular weight excluding hydrogens is 394 g/mol. The molecule has 172 valence electrons. The number of amides is 4. The maximum Gasteiger partial charge on any atom is 0.325 e. The summed E-state index contributed by atoms with van der Waals surface area (Å²) in [4.78, 5) is 43.5. The number of nitriles is 1. The fourth-order valence-corrected chi connectivity index (χ4v) is 5.27. The molecule has 1 saturated carbocycles. The minimum absolute atomic E-state index is 0.161. The third kappa shape index (κ3) is 4.72. The summed E-state index contributed by atoms with van der Waals surface area (Å²) < 4.78 is 0. The molecule has 8 nitrogen and oxygen atoms in total. The molecule has 0 aromatic rings. The largest absolute Gasteiger partial charge is 0.339 e. The van der Waals surface area contributed by atoms with Crippen molar-refractivity contribution in [3.63, 3.8) is 0 Å². The van der Waals surface area contributed by atoms with E-state index in [1.54, 1.807) is 4.90 Å². The Morgan fingerprint density at radius 2 is 1.74 bits per heavy atom. The zero-order valence-corrected chi connectivity index (χ0v) is 19.6. The van der Waals surface area contributed by atoms with Gasteiger partial charge in [0.2, 0.25) is 5.91 Å². The Bertz CT molecular complexity index is 750. The zero-order valence-electron chi connectivity index (χ0n) is 19.6. The van der Waals surface area contributed by atoms with Gasteiger partial charge in [-0.2, -0.15) is 5.26 Å². The molecule has 1 unspecified atom stereocenters. The van der Waals surface area contributed by atoms with Gasteiger partial charge in [-0.25, -0.2) is 4.79 Å². The van der Waals surface area contributed by atoms with E-state index in [1.165, 1.54) is 0 Å². The summed E-state index contributed by atoms with van der Waals surface area (Å²) in [5.74, 6) is 0.295. The summed E-state index contributed by atoms with van der Waals surface area (Å²) in [5.41, 5.74) is -0.652. The van der Waals surface area contributed by atoms with Crippen LogP contribution in [0.25, 0.3) is 0 Å². The van der Waals surface area contributed by atoms with Crippen molar-refractivity contribution in [3.05, 3.63) is 0 Å². The van der Waals surface area contributed by atoms with Gasteiger partial charge in [0.05, 0.1) is 6.07 Å². The SMILES string of the molecule is CC(C)C(C#N)N1CCN(C(=O)CN2C(=O)NC3(CCC(C(C)(C)C)CC3)C2=O)CC1. The maximum atomic E-state index is 13.2. The highest BCUT2D eigenvalue weighted by Crippen LogP contribution is 2.43. The second kappa shape index (κ2) is 8.78. The summed E-state index contributed by atoms with van der Waals surface area (Å²) >= 11 is 0. The van der Waals surface area contributed by atoms with Crippen LogP contribution >= 0.6 is 0 Å². The average Bonchev–Trinajstić information content (AvgIpc) is 2.92. The number of urea groups is 1. The lowest BCUT2D eigenvalue weighted by Crippen LogP contribution is -2.55. The van der Waals surface area contributed by atoms with Crippen molar-refractivity contribution < 1.29 is 14.4 Å². The van der Waals surface area contributed by atoms with Crippen molar-refractivity contribution in [2.45, 2.75) is 71.9 Å². The minimum atomic E-state index is -0.838. The van der Waals surface area contributed by atoms with Crippen molar-refractivity contribution in [3.8, 4) is 6.07 Å². The molecule has 2 heterocycles. The molecule has 0 bridgehead atoms. The number of rotatable bonds is 4. The Balaban J connectivity index is 1.56. The summed E-state index contributed by atoms with van der Waals surface area (Å²) in [6.45, 7) is 12.8. The first kappa shape index (κ1) is 23.5. The summed E-state index contributed by atoms with van der Waals surface area (Å²) in [6, 6.07) is 1.74. The van der Waals surface area contributed by atoms with Crippen LogP contribution in [0.1, 0.15) is 60.3 Å². The topological polar surface area (TPSA) is 96.8 Å². The lowest BCUT2D eigenvalue weighted by atomic mass is 9.67. The quantitative estimate of drug-likeness (QED) is 0.689. The molecule has 1 atom stereocenters. The molecule has 1 aliphatic carbocycles. The number of piperazine rings is 1. The molecule has 2 aliphatic heterocycles. The highest BCUT2D eigenvalue weighted by atomic mass is 16.2. The first-order valence-corrected chi connectivity index (χ1v) is 11.5. The van der Waals surface area contributed by atoms with E-state index in [1.807, 2.05) is 13.8 Å². The van der Waals surface area contributed by atoms with E-state index in [-0.39, 0.29) is 35.7 Å². The van der Waals surface area contributed by atoms with Gasteiger partial charge >= 0.3 is 6.03 Å². The van der Waals surface area contributed by atoms with Crippen LogP contribution in [0.4, 0.5) is 4.79 Å². The first-order valence-electron chi connectivity index (χ1n) is 11.5. The molecule has 0 aromatic carbocycles. The third-order valence-electron chi connectivity index (χ3n) is 7.43. The van der Waals surface area contributed by atoms with Crippen LogP contribution in [0.2, 0.25) is 0 Å². The number of nitrogens with one attached hydrogen (secondary N) is 1. The molecular formula is C23H37N5O3. The van der Waals surface area contributed by atoms with E-state index in [0.29, 0.717) is 44.9 Å². The van der Waals surface area contributed by atoms with Gasteiger partial charge in [0.15, 0.2) is 0 Å². The van der Waals surface area contributed by atoms with Crippen LogP contribution < -0.4 is 5.32 Å². The van der Waals surface area contributed by atoms with Crippen LogP contribution in [0.5, 0.6) is 0 Å². The molecule has 31 heavy (non-hydrogen) atoms. The molecule has 1 spiro atoms. The normalized spacial score (nSPS) is 28.7. The summed E-state index contributed by atoms with van der Waals surface area (Å²) in [7, 11) is 0. The highest BCUT2D eigenvalue weighted by Gasteiger charge is 2.53. The van der Waals surface area contributed by atoms with Gasteiger partial charge < -0.3 is 10.2 Å². The lowest BCUT2D eigenvalue weighted by molar-refractivity contribution is -0.141. The molecule has 1 N–H and O–H groups in total. The van der Waals surface area contributed by atoms with Crippen molar-refractivity contribution >= 4 is 17.8 Å². The fraction of sp³-hybridized carbons (Fsp3) is 0.826. The monoisotopic (exact) mass is 431 g/mol. The van der Waals surface area contributed by atoms with Gasteiger partial charge in [0, 0.05) is 26.2 Å². The number of hydrogen-bond donors (Lipinski definition) is 1. The molecule has 2 saturated heterocycles. The van der Waals surface area contributed by atoms with E-state index < -0.39 is 11.6 Å². The molecule has 8 heteroatoms. The second-order valence-electron chi connectivity index (χ2n) is 10.8. The second-order valence-corrected chi connectivity index (χ2v) is 10.8. The molecule has 0 aromatic heterocycles. The van der Waals surface area contributed by atoms with Crippen molar-refractivity contribution in [1.29, 1.82) is 5.26 Å². The average molecular weight is 432 g/mol. The zero-order chi connectivity index (χ0) is 23.0. The number of imide groups is 1. The van der Waals surface area contributed by atoms with E-state index in [2.05, 4.69) is 37.1 Å². The van der Waals surface area contributed by atoms with Gasteiger partial charge in [0.1, 0.15) is 18.1 Å². The van der Waals surface area contributed by atoms with Crippen LogP contribution in [-0.2, 0) is 9.59 Å². The van der Waals surface area contributed by atoms with Crippen molar-refractivity contribution in [2.75, 3.05) is 32.7 Å². The molecule has 3 rings (SSSR count). The van der Waals surface area contributed by atoms with E-state index >= 15 is 0 Å². The Morgan fingerprint density at radius 1 is 1.16 bits per heavy atom. The Hall–Kier alpha value is -2.14.